The van der Waals surface area contributed by atoms with Crippen molar-refractivity contribution >= 4 is 59.1 Å². The topological polar surface area (TPSA) is 285 Å². The Morgan fingerprint density at radius 3 is 1.64 bits per heavy atom. The van der Waals surface area contributed by atoms with Crippen LogP contribution in [-0.2, 0) is 60.8 Å². The smallest absolute Gasteiger partial charge is 0.246 e. The van der Waals surface area contributed by atoms with E-state index in [1.807, 2.05) is 79.6 Å². The number of hydrogen-bond acceptors (Lipinski definition) is 11. The van der Waals surface area contributed by atoms with Crippen LogP contribution in [0.5, 0.6) is 0 Å². The van der Waals surface area contributed by atoms with E-state index in [2.05, 4.69) is 66.9 Å². The summed E-state index contributed by atoms with van der Waals surface area (Å²) in [6.07, 6.45) is 9.80. The molecule has 0 radical (unpaired) electrons. The van der Waals surface area contributed by atoms with Gasteiger partial charge in [-0.1, -0.05) is 111 Å². The van der Waals surface area contributed by atoms with E-state index in [1.54, 1.807) is 4.90 Å². The second-order valence-corrected chi connectivity index (χ2v) is 27.1. The van der Waals surface area contributed by atoms with Crippen LogP contribution < -0.4 is 47.9 Å². The lowest BCUT2D eigenvalue weighted by atomic mass is 9.83. The third-order valence-corrected chi connectivity index (χ3v) is 15.7. The lowest BCUT2D eigenvalue weighted by Crippen LogP contribution is -2.65. The van der Waals surface area contributed by atoms with Crippen molar-refractivity contribution in [3.63, 3.8) is 0 Å². The lowest BCUT2D eigenvalue weighted by Gasteiger charge is -2.34. The average Bonchev–Trinajstić information content (AvgIpc) is 4.20. The van der Waals surface area contributed by atoms with Gasteiger partial charge < -0.3 is 57.7 Å². The van der Waals surface area contributed by atoms with Crippen LogP contribution in [0.2, 0.25) is 0 Å². The Morgan fingerprint density at radius 2 is 1.08 bits per heavy atom. The molecule has 1 heterocycles. The fourth-order valence-corrected chi connectivity index (χ4v) is 11.0. The van der Waals surface area contributed by atoms with Crippen molar-refractivity contribution < 1.29 is 47.9 Å². The number of rotatable bonds is 35. The summed E-state index contributed by atoms with van der Waals surface area (Å²) >= 11 is 0. The lowest BCUT2D eigenvalue weighted by molar-refractivity contribution is -0.142. The van der Waals surface area contributed by atoms with Crippen LogP contribution in [-0.4, -0.2) is 155 Å². The molecule has 1 aliphatic heterocycles. The van der Waals surface area contributed by atoms with Crippen LogP contribution in [0.4, 0.5) is 0 Å². The van der Waals surface area contributed by atoms with Crippen molar-refractivity contribution in [3.05, 3.63) is 35.4 Å². The van der Waals surface area contributed by atoms with Crippen LogP contribution in [0.15, 0.2) is 24.3 Å². The molecule has 10 amide bonds. The maximum atomic E-state index is 14.5. The molecule has 9 N–H and O–H groups in total. The van der Waals surface area contributed by atoms with Gasteiger partial charge in [0.15, 0.2) is 0 Å². The maximum Gasteiger partial charge on any atom is 0.246 e. The quantitative estimate of drug-likeness (QED) is 0.0414. The largest absolute Gasteiger partial charge is 0.354 e. The van der Waals surface area contributed by atoms with Crippen LogP contribution in [0.25, 0.3) is 0 Å². The number of amides is 10. The zero-order chi connectivity index (χ0) is 64.0. The number of likely N-dealkylation sites (N-methyl/N-ethyl adjacent to an activating group) is 1. The Bertz CT molecular complexity index is 2420. The number of nitrogens with zero attached hydrogens (tertiary/aromatic N) is 2. The average molecular weight is 1190 g/mol. The van der Waals surface area contributed by atoms with Crippen LogP contribution in [0, 0.1) is 23.7 Å². The van der Waals surface area contributed by atoms with E-state index in [9.17, 15) is 47.9 Å². The fraction of sp³-hybridized carbons (Fsp3) is 0.750. The van der Waals surface area contributed by atoms with E-state index in [4.69, 9.17) is 0 Å². The zero-order valence-electron chi connectivity index (χ0n) is 54.5. The summed E-state index contributed by atoms with van der Waals surface area (Å²) in [6, 6.07) is 2.88. The predicted octanol–water partition coefficient (Wildman–Crippen LogP) is 4.87. The van der Waals surface area contributed by atoms with E-state index < -0.39 is 94.1 Å². The minimum atomic E-state index is -1.63. The number of carbonyl (C=O) groups is 10. The van der Waals surface area contributed by atoms with Gasteiger partial charge in [-0.05, 0) is 149 Å². The molecule has 480 valence electrons. The molecule has 0 aromatic heterocycles. The second-order valence-electron chi connectivity index (χ2n) is 27.1. The van der Waals surface area contributed by atoms with Crippen molar-refractivity contribution in [2.75, 3.05) is 33.7 Å². The summed E-state index contributed by atoms with van der Waals surface area (Å²) in [6.45, 7) is 25.3. The predicted molar refractivity (Wildman–Crippen MR) is 331 cm³/mol. The first-order chi connectivity index (χ1) is 39.7. The number of nitrogens with one attached hydrogen (secondary N) is 9. The molecule has 21 heteroatoms. The maximum absolute atomic E-state index is 14.5. The van der Waals surface area contributed by atoms with Gasteiger partial charge in [0, 0.05) is 38.0 Å². The number of fused-ring (bicyclic) bond motifs is 1. The molecule has 1 fully saturated rings. The summed E-state index contributed by atoms with van der Waals surface area (Å²) < 4.78 is 0. The minimum Gasteiger partial charge on any atom is -0.354 e. The van der Waals surface area contributed by atoms with Gasteiger partial charge in [0.2, 0.25) is 59.1 Å². The van der Waals surface area contributed by atoms with Crippen LogP contribution >= 0.6 is 0 Å². The van der Waals surface area contributed by atoms with Crippen molar-refractivity contribution in [2.24, 2.45) is 23.7 Å². The van der Waals surface area contributed by atoms with Gasteiger partial charge in [0.1, 0.15) is 46.8 Å². The molecule has 1 saturated heterocycles. The number of hydrogen-bond donors (Lipinski definition) is 9. The van der Waals surface area contributed by atoms with Crippen molar-refractivity contribution in [2.45, 2.75) is 253 Å². The Labute approximate surface area is 508 Å². The summed E-state index contributed by atoms with van der Waals surface area (Å²) in [5.74, 6) is -5.70. The van der Waals surface area contributed by atoms with Crippen LogP contribution in [0.3, 0.4) is 0 Å². The van der Waals surface area contributed by atoms with Gasteiger partial charge in [0.05, 0.1) is 0 Å². The molecule has 0 spiro atoms. The normalized spacial score (nSPS) is 17.2. The van der Waals surface area contributed by atoms with Crippen molar-refractivity contribution in [1.82, 2.24) is 57.7 Å². The molecular formula is C64H109N11O10. The molecule has 85 heavy (non-hydrogen) atoms. The van der Waals surface area contributed by atoms with E-state index >= 15 is 0 Å². The van der Waals surface area contributed by atoms with Crippen LogP contribution in [0.1, 0.15) is 198 Å². The Hall–Kier alpha value is -6.12. The highest BCUT2D eigenvalue weighted by Gasteiger charge is 2.42. The molecule has 7 atom stereocenters. The minimum absolute atomic E-state index is 0.0299. The van der Waals surface area contributed by atoms with Gasteiger partial charge in [-0.3, -0.25) is 47.9 Å². The first-order valence-corrected chi connectivity index (χ1v) is 31.5. The van der Waals surface area contributed by atoms with Gasteiger partial charge in [0.25, 0.3) is 0 Å². The summed E-state index contributed by atoms with van der Waals surface area (Å²) in [5.41, 5.74) is -2.26. The highest BCUT2D eigenvalue weighted by Crippen LogP contribution is 2.30. The SMILES string of the molecule is CCCCCCCCC(NC(=O)[C@@H]1CCCN1C(=O)C1CCc2ccccc2C1)C(=O)NC(CC(C)C)C(=O)NC(C)(C)C(=O)NC(CC(C)C)C(=O)NC(CC(C)C)C(=O)NC(C)(C)C(=O)NC(C)(C)C(=O)NCCC(=O)NC(C)CN(C)C. The van der Waals surface area contributed by atoms with Crippen molar-refractivity contribution in [1.29, 1.82) is 0 Å². The molecule has 0 bridgehead atoms. The van der Waals surface area contributed by atoms with E-state index in [0.717, 1.165) is 44.1 Å². The molecule has 6 unspecified atom stereocenters. The first kappa shape index (κ1) is 73.1. The summed E-state index contributed by atoms with van der Waals surface area (Å²) in [7, 11) is 3.80. The first-order valence-electron chi connectivity index (χ1n) is 31.5. The highest BCUT2D eigenvalue weighted by atomic mass is 16.2. The van der Waals surface area contributed by atoms with Gasteiger partial charge >= 0.3 is 0 Å². The van der Waals surface area contributed by atoms with Gasteiger partial charge in [-0.2, -0.15) is 0 Å². The van der Waals surface area contributed by atoms with E-state index in [0.29, 0.717) is 51.6 Å². The van der Waals surface area contributed by atoms with Gasteiger partial charge in [-0.15, -0.1) is 0 Å². The highest BCUT2D eigenvalue weighted by molar-refractivity contribution is 6.00. The number of unbranched alkanes of at least 4 members (excludes halogenated alkanes) is 5. The standard InChI is InChI=1S/C64H109N11O10/c1-17-18-19-20-21-22-28-47(67-57(81)51-29-25-34-75(51)58(82)46-31-30-44-26-23-24-27-45(44)38-46)53(77)68-49(36-41(4)5)55(79)71-63(11,12)60(84)70-48(35-40(2)3)54(78)69-50(37-42(6)7)56(80)72-64(13,14)61(85)73-62(9,10)59(83)65-33-32-52(76)66-43(8)39-74(15)16/h23-24,26-27,40-43,46-51H,17-22,25,28-39H2,1-16H3,(H,65,83)(H,66,76)(H,67,81)(H,68,77)(H,69,78)(H,70,84)(H,71,79)(H,72,80)(H,73,85)/t43?,46?,47?,48?,49?,50?,51-/m0/s1. The number of carbonyl (C=O) groups excluding carboxylic acids is 10. The molecule has 0 saturated carbocycles. The molecule has 2 aliphatic rings. The van der Waals surface area contributed by atoms with E-state index in [1.165, 1.54) is 47.1 Å². The molecular weight excluding hydrogens is 1080 g/mol. The third-order valence-electron chi connectivity index (χ3n) is 15.7. The number of likely N-dealkylation sites (tertiary alicyclic amines) is 1. The second kappa shape index (κ2) is 34.3. The molecule has 1 aromatic rings. The molecule has 3 rings (SSSR count). The fourth-order valence-electron chi connectivity index (χ4n) is 11.0. The summed E-state index contributed by atoms with van der Waals surface area (Å²) in [5, 5.41) is 25.4. The third kappa shape index (κ3) is 24.6. The molecule has 1 aromatic carbocycles. The molecule has 21 nitrogen and oxygen atoms in total. The Balaban J connectivity index is 1.73. The Morgan fingerprint density at radius 1 is 0.576 bits per heavy atom. The van der Waals surface area contributed by atoms with Gasteiger partial charge in [-0.25, -0.2) is 0 Å². The number of aryl methyl sites for hydroxylation is 1. The number of benzene rings is 1. The Kier molecular flexibility index (Phi) is 29.5. The zero-order valence-corrected chi connectivity index (χ0v) is 54.5. The monoisotopic (exact) mass is 1190 g/mol. The van der Waals surface area contributed by atoms with Crippen molar-refractivity contribution in [3.8, 4) is 0 Å². The summed E-state index contributed by atoms with van der Waals surface area (Å²) in [4.78, 5) is 143. The van der Waals surface area contributed by atoms with E-state index in [-0.39, 0.29) is 73.8 Å². The molecule has 1 aliphatic carbocycles.